The number of nitrogens with one attached hydrogen (secondary N) is 1. The van der Waals surface area contributed by atoms with E-state index in [2.05, 4.69) is 26.1 Å². The number of nitrogens with zero attached hydrogens (tertiary/aromatic N) is 1. The second-order valence-corrected chi connectivity index (χ2v) is 7.26. The quantitative estimate of drug-likeness (QED) is 0.906. The van der Waals surface area contributed by atoms with E-state index >= 15 is 0 Å². The normalized spacial score (nSPS) is 27.7. The second kappa shape index (κ2) is 6.65. The Kier molecular flexibility index (Phi) is 4.78. The maximum Gasteiger partial charge on any atom is 0.289 e. The van der Waals surface area contributed by atoms with Gasteiger partial charge in [0.2, 0.25) is 0 Å². The van der Waals surface area contributed by atoms with Gasteiger partial charge in [-0.05, 0) is 38.3 Å². The number of ether oxygens (including phenoxy) is 1. The van der Waals surface area contributed by atoms with Crippen molar-refractivity contribution in [3.8, 4) is 0 Å². The van der Waals surface area contributed by atoms with Crippen molar-refractivity contribution in [3.63, 3.8) is 0 Å². The van der Waals surface area contributed by atoms with Crippen LogP contribution in [0.3, 0.4) is 0 Å². The summed E-state index contributed by atoms with van der Waals surface area (Å²) in [6.45, 7) is 8.99. The Labute approximate surface area is 138 Å². The first kappa shape index (κ1) is 16.5. The lowest BCUT2D eigenvalue weighted by Gasteiger charge is -2.53. The van der Waals surface area contributed by atoms with Gasteiger partial charge in [-0.25, -0.2) is 0 Å². The largest absolute Gasteiger partial charge is 0.459 e. The Morgan fingerprint density at radius 2 is 2.17 bits per heavy atom. The van der Waals surface area contributed by atoms with Crippen molar-refractivity contribution < 1.29 is 13.9 Å². The molecule has 0 radical (unpaired) electrons. The molecule has 23 heavy (non-hydrogen) atoms. The number of piperidine rings is 1. The van der Waals surface area contributed by atoms with E-state index in [4.69, 9.17) is 9.15 Å². The minimum Gasteiger partial charge on any atom is -0.459 e. The first-order valence-corrected chi connectivity index (χ1v) is 8.72. The van der Waals surface area contributed by atoms with Crippen molar-refractivity contribution in [2.24, 2.45) is 5.41 Å². The molecule has 1 saturated heterocycles. The molecule has 1 aromatic rings. The van der Waals surface area contributed by atoms with E-state index in [0.717, 1.165) is 39.0 Å². The first-order valence-electron chi connectivity index (χ1n) is 8.72. The van der Waals surface area contributed by atoms with Crippen LogP contribution in [0, 0.1) is 5.41 Å². The highest BCUT2D eigenvalue weighted by Crippen LogP contribution is 2.43. The van der Waals surface area contributed by atoms with Crippen LogP contribution in [0.2, 0.25) is 0 Å². The minimum atomic E-state index is 0.00818. The molecule has 1 saturated carbocycles. The number of likely N-dealkylation sites (tertiary alicyclic amines) is 1. The highest BCUT2D eigenvalue weighted by Gasteiger charge is 2.49. The van der Waals surface area contributed by atoms with Crippen LogP contribution < -0.4 is 5.32 Å². The second-order valence-electron chi connectivity index (χ2n) is 7.26. The summed E-state index contributed by atoms with van der Waals surface area (Å²) in [5, 5.41) is 3.79. The van der Waals surface area contributed by atoms with Crippen LogP contribution in [0.15, 0.2) is 22.8 Å². The Bertz CT molecular complexity index is 518. The zero-order chi connectivity index (χ0) is 16.4. The van der Waals surface area contributed by atoms with Crippen molar-refractivity contribution in [2.75, 3.05) is 19.7 Å². The minimum absolute atomic E-state index is 0.00818. The van der Waals surface area contributed by atoms with E-state index < -0.39 is 0 Å². The van der Waals surface area contributed by atoms with Gasteiger partial charge in [0.15, 0.2) is 5.76 Å². The summed E-state index contributed by atoms with van der Waals surface area (Å²) in [6.07, 6.45) is 5.00. The number of rotatable bonds is 5. The lowest BCUT2D eigenvalue weighted by Crippen LogP contribution is -2.63. The third kappa shape index (κ3) is 3.31. The van der Waals surface area contributed by atoms with Crippen LogP contribution >= 0.6 is 0 Å². The third-order valence-electron chi connectivity index (χ3n) is 5.50. The van der Waals surface area contributed by atoms with Gasteiger partial charge in [-0.1, -0.05) is 13.8 Å². The molecule has 3 rings (SSSR count). The lowest BCUT2D eigenvalue weighted by atomic mass is 9.64. The third-order valence-corrected chi connectivity index (χ3v) is 5.50. The average Bonchev–Trinajstić information content (AvgIpc) is 3.08. The van der Waals surface area contributed by atoms with E-state index in [1.54, 1.807) is 18.4 Å². The molecule has 1 amide bonds. The van der Waals surface area contributed by atoms with Crippen LogP contribution in [0.1, 0.15) is 50.6 Å². The summed E-state index contributed by atoms with van der Waals surface area (Å²) in [4.78, 5) is 14.2. The zero-order valence-electron chi connectivity index (χ0n) is 14.4. The van der Waals surface area contributed by atoms with Crippen molar-refractivity contribution in [3.05, 3.63) is 24.2 Å². The molecule has 2 aliphatic rings. The molecule has 1 aliphatic carbocycles. The molecule has 1 N–H and O–H groups in total. The number of hydrogen-bond donors (Lipinski definition) is 1. The van der Waals surface area contributed by atoms with Gasteiger partial charge < -0.3 is 19.4 Å². The van der Waals surface area contributed by atoms with Crippen molar-refractivity contribution >= 4 is 5.91 Å². The van der Waals surface area contributed by atoms with E-state index in [1.165, 1.54) is 0 Å². The standard InChI is InChI=1S/C18H28N2O3/c1-4-22-16-12-15(18(16,2)3)19-13-7-9-20(10-8-13)17(21)14-6-5-11-23-14/h5-6,11,13,15-16,19H,4,7-10,12H2,1-3H3/t15-,16+/m0/s1. The summed E-state index contributed by atoms with van der Waals surface area (Å²) in [7, 11) is 0. The highest BCUT2D eigenvalue weighted by atomic mass is 16.5. The van der Waals surface area contributed by atoms with Gasteiger partial charge in [0.1, 0.15) is 0 Å². The number of carbonyl (C=O) groups is 1. The fourth-order valence-electron chi connectivity index (χ4n) is 3.74. The molecule has 2 heterocycles. The zero-order valence-corrected chi connectivity index (χ0v) is 14.4. The predicted molar refractivity (Wildman–Crippen MR) is 88.4 cm³/mol. The fourth-order valence-corrected chi connectivity index (χ4v) is 3.74. The first-order chi connectivity index (χ1) is 11.0. The smallest absolute Gasteiger partial charge is 0.289 e. The monoisotopic (exact) mass is 320 g/mol. The van der Waals surface area contributed by atoms with Crippen LogP contribution in [0.25, 0.3) is 0 Å². The van der Waals surface area contributed by atoms with Gasteiger partial charge in [-0.2, -0.15) is 0 Å². The molecule has 128 valence electrons. The van der Waals surface area contributed by atoms with Crippen molar-refractivity contribution in [2.45, 2.75) is 58.2 Å². The van der Waals surface area contributed by atoms with Crippen LogP contribution in [-0.2, 0) is 4.74 Å². The summed E-state index contributed by atoms with van der Waals surface area (Å²) in [6, 6.07) is 4.49. The SMILES string of the molecule is CCO[C@@H]1C[C@H](NC2CCN(C(=O)c3ccco3)CC2)C1(C)C. The van der Waals surface area contributed by atoms with Gasteiger partial charge >= 0.3 is 0 Å². The maximum atomic E-state index is 12.3. The Balaban J connectivity index is 1.46. The lowest BCUT2D eigenvalue weighted by molar-refractivity contribution is -0.117. The molecule has 0 bridgehead atoms. The molecule has 0 aromatic carbocycles. The number of carbonyl (C=O) groups excluding carboxylic acids is 1. The Morgan fingerprint density at radius 3 is 2.74 bits per heavy atom. The maximum absolute atomic E-state index is 12.3. The molecular formula is C18H28N2O3. The number of furan rings is 1. The molecule has 2 fully saturated rings. The Morgan fingerprint density at radius 1 is 1.43 bits per heavy atom. The average molecular weight is 320 g/mol. The van der Waals surface area contributed by atoms with Gasteiger partial charge in [-0.15, -0.1) is 0 Å². The summed E-state index contributed by atoms with van der Waals surface area (Å²) in [5.41, 5.74) is 0.192. The van der Waals surface area contributed by atoms with Crippen molar-refractivity contribution in [1.82, 2.24) is 10.2 Å². The highest BCUT2D eigenvalue weighted by molar-refractivity contribution is 5.91. The van der Waals surface area contributed by atoms with E-state index in [1.807, 2.05) is 4.90 Å². The van der Waals surface area contributed by atoms with Crippen LogP contribution in [0.5, 0.6) is 0 Å². The summed E-state index contributed by atoms with van der Waals surface area (Å²) < 4.78 is 11.0. The van der Waals surface area contributed by atoms with E-state index in [-0.39, 0.29) is 11.3 Å². The number of amides is 1. The molecule has 0 unspecified atom stereocenters. The van der Waals surface area contributed by atoms with Crippen LogP contribution in [0.4, 0.5) is 0 Å². The molecule has 1 aliphatic heterocycles. The van der Waals surface area contributed by atoms with Gasteiger partial charge in [0.05, 0.1) is 12.4 Å². The van der Waals surface area contributed by atoms with Gasteiger partial charge in [0.25, 0.3) is 5.91 Å². The van der Waals surface area contributed by atoms with Gasteiger partial charge in [0, 0.05) is 37.2 Å². The van der Waals surface area contributed by atoms with Crippen LogP contribution in [-0.4, -0.2) is 48.7 Å². The molecule has 5 heteroatoms. The molecule has 2 atom stereocenters. The summed E-state index contributed by atoms with van der Waals surface area (Å²) in [5.74, 6) is 0.449. The molecular weight excluding hydrogens is 292 g/mol. The fraction of sp³-hybridized carbons (Fsp3) is 0.722. The summed E-state index contributed by atoms with van der Waals surface area (Å²) >= 11 is 0. The van der Waals surface area contributed by atoms with E-state index in [0.29, 0.717) is 23.9 Å². The molecule has 5 nitrogen and oxygen atoms in total. The van der Waals surface area contributed by atoms with E-state index in [9.17, 15) is 4.79 Å². The number of hydrogen-bond acceptors (Lipinski definition) is 4. The molecule has 0 spiro atoms. The topological polar surface area (TPSA) is 54.7 Å². The molecule has 1 aromatic heterocycles. The predicted octanol–water partition coefficient (Wildman–Crippen LogP) is 2.68. The Hall–Kier alpha value is -1.33. The van der Waals surface area contributed by atoms with Crippen molar-refractivity contribution in [1.29, 1.82) is 0 Å². The van der Waals surface area contributed by atoms with Gasteiger partial charge in [-0.3, -0.25) is 4.79 Å².